The zero-order chi connectivity index (χ0) is 17.1. The van der Waals surface area contributed by atoms with Crippen molar-refractivity contribution in [2.24, 2.45) is 0 Å². The largest absolute Gasteiger partial charge is 0.356 e. The van der Waals surface area contributed by atoms with Gasteiger partial charge in [0.1, 0.15) is 5.82 Å². The third-order valence-electron chi connectivity index (χ3n) is 4.26. The molecule has 8 heteroatoms. The van der Waals surface area contributed by atoms with E-state index in [2.05, 4.69) is 35.8 Å². The Morgan fingerprint density at radius 3 is 2.50 bits per heavy atom. The summed E-state index contributed by atoms with van der Waals surface area (Å²) >= 11 is 7.44. The Morgan fingerprint density at radius 2 is 1.88 bits per heavy atom. The first kappa shape index (κ1) is 17.2. The van der Waals surface area contributed by atoms with E-state index in [1.165, 1.54) is 0 Å². The van der Waals surface area contributed by atoms with Gasteiger partial charge < -0.3 is 9.80 Å². The van der Waals surface area contributed by atoms with E-state index >= 15 is 0 Å². The van der Waals surface area contributed by atoms with Crippen LogP contribution in [0.2, 0.25) is 5.02 Å². The Bertz CT molecular complexity index is 687. The molecular formula is C16H21ClN6S. The summed E-state index contributed by atoms with van der Waals surface area (Å²) in [5, 5.41) is 1.39. The van der Waals surface area contributed by atoms with Crippen molar-refractivity contribution in [1.82, 2.24) is 19.9 Å². The van der Waals surface area contributed by atoms with Crippen LogP contribution in [-0.2, 0) is 0 Å². The molecule has 0 bridgehead atoms. The molecule has 0 saturated carbocycles. The maximum atomic E-state index is 5.86. The van der Waals surface area contributed by atoms with Crippen LogP contribution in [0.4, 0.5) is 11.8 Å². The zero-order valence-electron chi connectivity index (χ0n) is 14.1. The number of thioether (sulfide) groups is 1. The van der Waals surface area contributed by atoms with Gasteiger partial charge in [0.25, 0.3) is 0 Å². The molecule has 128 valence electrons. The number of piperidine rings is 1. The maximum absolute atomic E-state index is 5.86. The lowest BCUT2D eigenvalue weighted by Gasteiger charge is -2.37. The van der Waals surface area contributed by atoms with E-state index in [9.17, 15) is 0 Å². The highest BCUT2D eigenvalue weighted by Gasteiger charge is 2.25. The molecule has 24 heavy (non-hydrogen) atoms. The van der Waals surface area contributed by atoms with Gasteiger partial charge in [0, 0.05) is 37.9 Å². The SMILES string of the molecule is CSc1nc(C)cc(N2CCC(N(C)c3ncc(Cl)cn3)CC2)n1. The summed E-state index contributed by atoms with van der Waals surface area (Å²) in [6, 6.07) is 2.48. The molecule has 1 fully saturated rings. The predicted molar refractivity (Wildman–Crippen MR) is 99.2 cm³/mol. The molecule has 0 amide bonds. The second-order valence-electron chi connectivity index (χ2n) is 5.88. The van der Waals surface area contributed by atoms with E-state index in [1.54, 1.807) is 24.2 Å². The molecule has 6 nitrogen and oxygen atoms in total. The molecule has 3 heterocycles. The summed E-state index contributed by atoms with van der Waals surface area (Å²) < 4.78 is 0. The van der Waals surface area contributed by atoms with Gasteiger partial charge in [0.2, 0.25) is 5.95 Å². The van der Waals surface area contributed by atoms with Crippen molar-refractivity contribution in [2.75, 3.05) is 36.2 Å². The smallest absolute Gasteiger partial charge is 0.225 e. The van der Waals surface area contributed by atoms with Gasteiger partial charge in [0.05, 0.1) is 17.4 Å². The van der Waals surface area contributed by atoms with Crippen molar-refractivity contribution >= 4 is 35.1 Å². The molecule has 1 saturated heterocycles. The summed E-state index contributed by atoms with van der Waals surface area (Å²) in [7, 11) is 2.05. The van der Waals surface area contributed by atoms with Crippen LogP contribution in [0.5, 0.6) is 0 Å². The average Bonchev–Trinajstić information content (AvgIpc) is 2.61. The molecule has 0 N–H and O–H groups in total. The van der Waals surface area contributed by atoms with Crippen molar-refractivity contribution < 1.29 is 0 Å². The fraction of sp³-hybridized carbons (Fsp3) is 0.500. The van der Waals surface area contributed by atoms with Crippen molar-refractivity contribution in [3.8, 4) is 0 Å². The van der Waals surface area contributed by atoms with Crippen LogP contribution in [0.3, 0.4) is 0 Å². The Hall–Kier alpha value is -1.60. The first-order chi connectivity index (χ1) is 11.6. The molecule has 2 aromatic heterocycles. The topological polar surface area (TPSA) is 58.0 Å². The van der Waals surface area contributed by atoms with E-state index in [1.807, 2.05) is 20.2 Å². The van der Waals surface area contributed by atoms with Crippen molar-refractivity contribution in [3.05, 3.63) is 29.2 Å². The lowest BCUT2D eigenvalue weighted by Crippen LogP contribution is -2.44. The van der Waals surface area contributed by atoms with Gasteiger partial charge in [-0.25, -0.2) is 19.9 Å². The standard InChI is InChI=1S/C16H21ClN6S/c1-11-8-14(21-16(20-11)24-3)23-6-4-13(5-7-23)22(2)15-18-9-12(17)10-19-15/h8-10,13H,4-7H2,1-3H3. The van der Waals surface area contributed by atoms with Crippen LogP contribution in [-0.4, -0.2) is 52.4 Å². The molecular weight excluding hydrogens is 344 g/mol. The third kappa shape index (κ3) is 3.89. The van der Waals surface area contributed by atoms with Crippen LogP contribution in [0.1, 0.15) is 18.5 Å². The number of aryl methyl sites for hydroxylation is 1. The first-order valence-corrected chi connectivity index (χ1v) is 9.52. The lowest BCUT2D eigenvalue weighted by molar-refractivity contribution is 0.474. The predicted octanol–water partition coefficient (Wildman–Crippen LogP) is 3.06. The van der Waals surface area contributed by atoms with Gasteiger partial charge in [-0.3, -0.25) is 0 Å². The molecule has 0 spiro atoms. The number of aromatic nitrogens is 4. The van der Waals surface area contributed by atoms with E-state index < -0.39 is 0 Å². The van der Waals surface area contributed by atoms with Gasteiger partial charge in [-0.1, -0.05) is 23.4 Å². The number of hydrogen-bond donors (Lipinski definition) is 0. The summed E-state index contributed by atoms with van der Waals surface area (Å²) in [5.41, 5.74) is 1.01. The Kier molecular flexibility index (Phi) is 5.40. The molecule has 0 aliphatic carbocycles. The van der Waals surface area contributed by atoms with E-state index in [0.717, 1.165) is 48.5 Å². The van der Waals surface area contributed by atoms with Crippen LogP contribution < -0.4 is 9.80 Å². The third-order valence-corrected chi connectivity index (χ3v) is 5.00. The monoisotopic (exact) mass is 364 g/mol. The van der Waals surface area contributed by atoms with E-state index in [4.69, 9.17) is 11.6 Å². The second-order valence-corrected chi connectivity index (χ2v) is 7.09. The average molecular weight is 365 g/mol. The summed E-state index contributed by atoms with van der Waals surface area (Å²) in [5.74, 6) is 1.75. The van der Waals surface area contributed by atoms with Gasteiger partial charge >= 0.3 is 0 Å². The fourth-order valence-electron chi connectivity index (χ4n) is 2.91. The van der Waals surface area contributed by atoms with Crippen LogP contribution >= 0.6 is 23.4 Å². The van der Waals surface area contributed by atoms with Crippen LogP contribution in [0.25, 0.3) is 0 Å². The van der Waals surface area contributed by atoms with Crippen molar-refractivity contribution in [3.63, 3.8) is 0 Å². The number of nitrogens with zero attached hydrogens (tertiary/aromatic N) is 6. The molecule has 0 radical (unpaired) electrons. The molecule has 2 aromatic rings. The highest BCUT2D eigenvalue weighted by Crippen LogP contribution is 2.24. The Morgan fingerprint density at radius 1 is 1.21 bits per heavy atom. The molecule has 0 atom stereocenters. The molecule has 1 aliphatic heterocycles. The minimum absolute atomic E-state index is 0.422. The highest BCUT2D eigenvalue weighted by atomic mass is 35.5. The fourth-order valence-corrected chi connectivity index (χ4v) is 3.43. The summed E-state index contributed by atoms with van der Waals surface area (Å²) in [6.07, 6.45) is 7.37. The molecule has 0 aromatic carbocycles. The van der Waals surface area contributed by atoms with Gasteiger partial charge in [-0.2, -0.15) is 0 Å². The normalized spacial score (nSPS) is 15.6. The quantitative estimate of drug-likeness (QED) is 0.610. The van der Waals surface area contributed by atoms with Gasteiger partial charge in [0.15, 0.2) is 5.16 Å². The van der Waals surface area contributed by atoms with Gasteiger partial charge in [-0.15, -0.1) is 0 Å². The minimum Gasteiger partial charge on any atom is -0.356 e. The first-order valence-electron chi connectivity index (χ1n) is 7.92. The van der Waals surface area contributed by atoms with Gasteiger partial charge in [-0.05, 0) is 26.0 Å². The number of rotatable bonds is 4. The molecule has 3 rings (SSSR count). The van der Waals surface area contributed by atoms with Crippen molar-refractivity contribution in [1.29, 1.82) is 0 Å². The van der Waals surface area contributed by atoms with Crippen LogP contribution in [0, 0.1) is 6.92 Å². The number of anilines is 2. The zero-order valence-corrected chi connectivity index (χ0v) is 15.7. The number of halogens is 1. The molecule has 1 aliphatic rings. The minimum atomic E-state index is 0.422. The molecule has 0 unspecified atom stereocenters. The Labute approximate surface area is 151 Å². The second kappa shape index (κ2) is 7.53. The lowest BCUT2D eigenvalue weighted by atomic mass is 10.0. The van der Waals surface area contributed by atoms with Crippen molar-refractivity contribution in [2.45, 2.75) is 31.0 Å². The maximum Gasteiger partial charge on any atom is 0.225 e. The summed E-state index contributed by atoms with van der Waals surface area (Å²) in [4.78, 5) is 22.2. The van der Waals surface area contributed by atoms with Crippen LogP contribution in [0.15, 0.2) is 23.6 Å². The summed E-state index contributed by atoms with van der Waals surface area (Å²) in [6.45, 7) is 3.95. The number of hydrogen-bond acceptors (Lipinski definition) is 7. The van der Waals surface area contributed by atoms with E-state index in [-0.39, 0.29) is 0 Å². The van der Waals surface area contributed by atoms with E-state index in [0.29, 0.717) is 11.1 Å². The Balaban J connectivity index is 1.65. The highest BCUT2D eigenvalue weighted by molar-refractivity contribution is 7.98.